The van der Waals surface area contributed by atoms with Gasteiger partial charge in [-0.1, -0.05) is 11.6 Å². The number of hydrogen-bond donors (Lipinski definition) is 2. The minimum absolute atomic E-state index is 0.245. The largest absolute Gasteiger partial charge is 0.479 e. The number of halogens is 1. The molecule has 1 heterocycles. The first-order valence-electron chi connectivity index (χ1n) is 4.15. The van der Waals surface area contributed by atoms with Crippen LogP contribution in [-0.4, -0.2) is 27.9 Å². The molecule has 15 heavy (non-hydrogen) atoms. The number of rotatable bonds is 3. The maximum Gasteiger partial charge on any atom is 0.341 e. The van der Waals surface area contributed by atoms with Crippen LogP contribution in [-0.2, 0) is 4.79 Å². The molecular formula is C9H7ClN2O3. The van der Waals surface area contributed by atoms with Crippen LogP contribution in [0.4, 0.5) is 0 Å². The van der Waals surface area contributed by atoms with Crippen molar-refractivity contribution in [2.24, 2.45) is 0 Å². The monoisotopic (exact) mass is 226 g/mol. The van der Waals surface area contributed by atoms with Crippen molar-refractivity contribution in [2.75, 3.05) is 6.61 Å². The highest BCUT2D eigenvalue weighted by Crippen LogP contribution is 2.25. The van der Waals surface area contributed by atoms with E-state index in [-0.39, 0.29) is 5.88 Å². The highest BCUT2D eigenvalue weighted by molar-refractivity contribution is 6.31. The van der Waals surface area contributed by atoms with Crippen molar-refractivity contribution >= 4 is 28.5 Å². The molecule has 0 saturated carbocycles. The fourth-order valence-electron chi connectivity index (χ4n) is 1.20. The molecule has 78 valence electrons. The van der Waals surface area contributed by atoms with Gasteiger partial charge in [-0.15, -0.1) is 5.10 Å². The Morgan fingerprint density at radius 1 is 1.60 bits per heavy atom. The summed E-state index contributed by atoms with van der Waals surface area (Å²) < 4.78 is 4.98. The lowest BCUT2D eigenvalue weighted by atomic mass is 10.2. The molecule has 0 amide bonds. The number of hydrogen-bond acceptors (Lipinski definition) is 3. The van der Waals surface area contributed by atoms with Crippen LogP contribution in [0.3, 0.4) is 0 Å². The SMILES string of the molecule is O=C(O)COc1n[nH]c2ccc(Cl)cc12. The van der Waals surface area contributed by atoms with Crippen LogP contribution in [0.1, 0.15) is 0 Å². The smallest absolute Gasteiger partial charge is 0.341 e. The van der Waals surface area contributed by atoms with Gasteiger partial charge in [0.05, 0.1) is 10.9 Å². The Bertz CT molecular complexity index is 509. The summed E-state index contributed by atoms with van der Waals surface area (Å²) in [5.41, 5.74) is 0.750. The standard InChI is InChI=1S/C9H7ClN2O3/c10-5-1-2-7-6(3-5)9(12-11-7)15-4-8(13)14/h1-3H,4H2,(H,11,12)(H,13,14). The van der Waals surface area contributed by atoms with Crippen molar-refractivity contribution < 1.29 is 14.6 Å². The predicted molar refractivity (Wildman–Crippen MR) is 54.2 cm³/mol. The van der Waals surface area contributed by atoms with Gasteiger partial charge in [-0.05, 0) is 18.2 Å². The average Bonchev–Trinajstić information content (AvgIpc) is 2.57. The zero-order chi connectivity index (χ0) is 10.8. The number of ether oxygens (including phenoxy) is 1. The number of fused-ring (bicyclic) bond motifs is 1. The maximum atomic E-state index is 10.3. The summed E-state index contributed by atoms with van der Waals surface area (Å²) >= 11 is 5.80. The highest BCUT2D eigenvalue weighted by Gasteiger charge is 2.08. The van der Waals surface area contributed by atoms with E-state index >= 15 is 0 Å². The molecule has 0 aliphatic rings. The Labute approximate surface area is 89.6 Å². The number of aromatic nitrogens is 2. The molecule has 0 radical (unpaired) electrons. The first kappa shape index (κ1) is 9.79. The quantitative estimate of drug-likeness (QED) is 0.835. The van der Waals surface area contributed by atoms with Crippen molar-refractivity contribution in [2.45, 2.75) is 0 Å². The third-order valence-electron chi connectivity index (χ3n) is 1.82. The lowest BCUT2D eigenvalue weighted by Crippen LogP contribution is -2.09. The minimum Gasteiger partial charge on any atom is -0.479 e. The number of H-pyrrole nitrogens is 1. The van der Waals surface area contributed by atoms with Gasteiger partial charge in [0, 0.05) is 5.02 Å². The van der Waals surface area contributed by atoms with Gasteiger partial charge >= 0.3 is 5.97 Å². The summed E-state index contributed by atoms with van der Waals surface area (Å²) in [6.07, 6.45) is 0. The number of carboxylic acids is 1. The molecular weight excluding hydrogens is 220 g/mol. The summed E-state index contributed by atoms with van der Waals surface area (Å²) in [6.45, 7) is -0.424. The molecule has 0 spiro atoms. The number of benzene rings is 1. The Morgan fingerprint density at radius 3 is 3.13 bits per heavy atom. The summed E-state index contributed by atoms with van der Waals surface area (Å²) in [7, 11) is 0. The fourth-order valence-corrected chi connectivity index (χ4v) is 1.37. The van der Waals surface area contributed by atoms with E-state index in [0.717, 1.165) is 5.52 Å². The molecule has 0 unspecified atom stereocenters. The Kier molecular flexibility index (Phi) is 2.47. The number of carbonyl (C=O) groups is 1. The lowest BCUT2D eigenvalue weighted by molar-refractivity contribution is -0.139. The van der Waals surface area contributed by atoms with Crippen LogP contribution in [0.25, 0.3) is 10.9 Å². The molecule has 0 bridgehead atoms. The Balaban J connectivity index is 2.35. The molecule has 5 nitrogen and oxygen atoms in total. The molecule has 2 aromatic rings. The van der Waals surface area contributed by atoms with Crippen LogP contribution in [0, 0.1) is 0 Å². The van der Waals surface area contributed by atoms with Gasteiger partial charge < -0.3 is 9.84 Å². The second kappa shape index (κ2) is 3.78. The van der Waals surface area contributed by atoms with E-state index in [2.05, 4.69) is 10.2 Å². The summed E-state index contributed by atoms with van der Waals surface area (Å²) in [4.78, 5) is 10.3. The van der Waals surface area contributed by atoms with E-state index in [0.29, 0.717) is 10.4 Å². The normalized spacial score (nSPS) is 10.5. The highest BCUT2D eigenvalue weighted by atomic mass is 35.5. The van der Waals surface area contributed by atoms with Gasteiger partial charge in [-0.2, -0.15) is 0 Å². The van der Waals surface area contributed by atoms with E-state index in [1.54, 1.807) is 18.2 Å². The molecule has 0 atom stereocenters. The fraction of sp³-hybridized carbons (Fsp3) is 0.111. The van der Waals surface area contributed by atoms with Gasteiger partial charge in [-0.3, -0.25) is 5.10 Å². The third kappa shape index (κ3) is 2.02. The molecule has 2 rings (SSSR count). The third-order valence-corrected chi connectivity index (χ3v) is 2.06. The van der Waals surface area contributed by atoms with E-state index in [4.69, 9.17) is 21.4 Å². The summed E-state index contributed by atoms with van der Waals surface area (Å²) in [5.74, 6) is -0.803. The molecule has 0 aliphatic carbocycles. The van der Waals surface area contributed by atoms with E-state index in [9.17, 15) is 4.79 Å². The summed E-state index contributed by atoms with van der Waals surface area (Å²) in [6, 6.07) is 5.12. The molecule has 6 heteroatoms. The minimum atomic E-state index is -1.05. The molecule has 1 aromatic carbocycles. The van der Waals surface area contributed by atoms with Crippen molar-refractivity contribution in [1.29, 1.82) is 0 Å². The van der Waals surface area contributed by atoms with Crippen LogP contribution < -0.4 is 4.74 Å². The zero-order valence-corrected chi connectivity index (χ0v) is 8.28. The molecule has 2 N–H and O–H groups in total. The van der Waals surface area contributed by atoms with Crippen LogP contribution in [0.5, 0.6) is 5.88 Å². The Hall–Kier alpha value is -1.75. The second-order valence-corrected chi connectivity index (χ2v) is 3.34. The molecule has 0 saturated heterocycles. The van der Waals surface area contributed by atoms with E-state index in [1.165, 1.54) is 0 Å². The maximum absolute atomic E-state index is 10.3. The topological polar surface area (TPSA) is 75.2 Å². The van der Waals surface area contributed by atoms with Gasteiger partial charge in [0.25, 0.3) is 0 Å². The number of nitrogens with one attached hydrogen (secondary N) is 1. The molecule has 0 fully saturated rings. The van der Waals surface area contributed by atoms with Crippen LogP contribution in [0.15, 0.2) is 18.2 Å². The van der Waals surface area contributed by atoms with Gasteiger partial charge in [0.15, 0.2) is 6.61 Å². The molecule has 1 aromatic heterocycles. The van der Waals surface area contributed by atoms with Crippen molar-refractivity contribution in [1.82, 2.24) is 10.2 Å². The molecule has 0 aliphatic heterocycles. The second-order valence-electron chi connectivity index (χ2n) is 2.90. The number of aromatic amines is 1. The van der Waals surface area contributed by atoms with Crippen molar-refractivity contribution in [3.63, 3.8) is 0 Å². The van der Waals surface area contributed by atoms with Gasteiger partial charge in [0.1, 0.15) is 0 Å². The Morgan fingerprint density at radius 2 is 2.40 bits per heavy atom. The number of carboxylic acid groups (broad SMARTS) is 1. The first-order chi connectivity index (χ1) is 7.16. The van der Waals surface area contributed by atoms with E-state index < -0.39 is 12.6 Å². The van der Waals surface area contributed by atoms with Gasteiger partial charge in [-0.25, -0.2) is 4.79 Å². The average molecular weight is 227 g/mol. The number of nitrogens with zero attached hydrogens (tertiary/aromatic N) is 1. The van der Waals surface area contributed by atoms with Crippen LogP contribution in [0.2, 0.25) is 5.02 Å². The van der Waals surface area contributed by atoms with Gasteiger partial charge in [0.2, 0.25) is 5.88 Å². The van der Waals surface area contributed by atoms with Crippen LogP contribution >= 0.6 is 11.6 Å². The lowest BCUT2D eigenvalue weighted by Gasteiger charge is -1.98. The van der Waals surface area contributed by atoms with Crippen molar-refractivity contribution in [3.05, 3.63) is 23.2 Å². The van der Waals surface area contributed by atoms with E-state index in [1.807, 2.05) is 0 Å². The number of aliphatic carboxylic acids is 1. The zero-order valence-electron chi connectivity index (χ0n) is 7.53. The predicted octanol–water partition coefficient (Wildman–Crippen LogP) is 1.68. The summed E-state index contributed by atoms with van der Waals surface area (Å²) in [5, 5.41) is 16.2. The first-order valence-corrected chi connectivity index (χ1v) is 4.53. The van der Waals surface area contributed by atoms with Crippen molar-refractivity contribution in [3.8, 4) is 5.88 Å².